The molecule has 3 saturated heterocycles. The standard InChI is InChI=1S/C30H36BrN3O5/c31-22-17-30-24(23(25(22)39-30)27(36)32-18-20-11-5-3-6-12-20)29(38)34(15-9-1-2-10-16-35)26(30)28(37)33-19-21-13-7-4-8-14-21/h3-8,11-14,22-26,35H,1-2,9-10,15-19H2,(H,32,36)(H,33,37)/t22?,23-,24+,25-,26?,30?/m1/s1. The Kier molecular flexibility index (Phi) is 8.69. The molecule has 39 heavy (non-hydrogen) atoms. The number of amides is 3. The first-order valence-electron chi connectivity index (χ1n) is 13.8. The number of nitrogens with one attached hydrogen (secondary N) is 2. The number of unbranched alkanes of at least 4 members (excludes halogenated alkanes) is 3. The highest BCUT2D eigenvalue weighted by Crippen LogP contribution is 2.60. The predicted octanol–water partition coefficient (Wildman–Crippen LogP) is 2.92. The Hall–Kier alpha value is -2.75. The number of aliphatic hydroxyl groups excluding tert-OH is 1. The first-order valence-corrected chi connectivity index (χ1v) is 14.7. The Morgan fingerprint density at radius 2 is 1.51 bits per heavy atom. The van der Waals surface area contributed by atoms with Crippen molar-refractivity contribution in [2.75, 3.05) is 13.2 Å². The van der Waals surface area contributed by atoms with Gasteiger partial charge in [-0.25, -0.2) is 0 Å². The molecule has 6 atom stereocenters. The Balaban J connectivity index is 1.37. The summed E-state index contributed by atoms with van der Waals surface area (Å²) >= 11 is 3.71. The summed E-state index contributed by atoms with van der Waals surface area (Å²) in [7, 11) is 0. The molecule has 208 valence electrons. The molecule has 0 aliphatic carbocycles. The number of likely N-dealkylation sites (tertiary alicyclic amines) is 1. The van der Waals surface area contributed by atoms with Crippen LogP contribution in [-0.4, -0.2) is 63.5 Å². The molecule has 9 heteroatoms. The molecule has 3 aliphatic rings. The molecule has 8 nitrogen and oxygen atoms in total. The second-order valence-electron chi connectivity index (χ2n) is 10.7. The number of hydrogen-bond donors (Lipinski definition) is 3. The fourth-order valence-corrected chi connectivity index (χ4v) is 7.45. The van der Waals surface area contributed by atoms with Crippen LogP contribution in [0.4, 0.5) is 0 Å². The fourth-order valence-electron chi connectivity index (χ4n) is 6.50. The lowest BCUT2D eigenvalue weighted by Crippen LogP contribution is -2.56. The molecule has 0 saturated carbocycles. The van der Waals surface area contributed by atoms with E-state index in [1.807, 2.05) is 60.7 Å². The summed E-state index contributed by atoms with van der Waals surface area (Å²) < 4.78 is 6.55. The van der Waals surface area contributed by atoms with Crippen molar-refractivity contribution in [3.8, 4) is 0 Å². The smallest absolute Gasteiger partial charge is 0.246 e. The molecular weight excluding hydrogens is 562 g/mol. The van der Waals surface area contributed by atoms with E-state index >= 15 is 0 Å². The second-order valence-corrected chi connectivity index (χ2v) is 11.9. The van der Waals surface area contributed by atoms with E-state index in [2.05, 4.69) is 26.6 Å². The van der Waals surface area contributed by atoms with E-state index in [4.69, 9.17) is 9.84 Å². The lowest BCUT2D eigenvalue weighted by Gasteiger charge is -2.34. The van der Waals surface area contributed by atoms with Gasteiger partial charge in [-0.3, -0.25) is 14.4 Å². The number of nitrogens with zero attached hydrogens (tertiary/aromatic N) is 1. The van der Waals surface area contributed by atoms with Crippen LogP contribution in [0, 0.1) is 11.8 Å². The largest absolute Gasteiger partial charge is 0.396 e. The van der Waals surface area contributed by atoms with E-state index in [1.165, 1.54) is 0 Å². The Labute approximate surface area is 237 Å². The molecule has 2 aromatic carbocycles. The van der Waals surface area contributed by atoms with E-state index in [-0.39, 0.29) is 29.2 Å². The summed E-state index contributed by atoms with van der Waals surface area (Å²) in [5.41, 5.74) is 0.879. The summed E-state index contributed by atoms with van der Waals surface area (Å²) in [5, 5.41) is 15.2. The van der Waals surface area contributed by atoms with E-state index in [1.54, 1.807) is 4.90 Å². The number of carbonyl (C=O) groups is 3. The maximum Gasteiger partial charge on any atom is 0.246 e. The fraction of sp³-hybridized carbons (Fsp3) is 0.500. The van der Waals surface area contributed by atoms with Gasteiger partial charge in [0.05, 0.1) is 17.9 Å². The molecule has 3 N–H and O–H groups in total. The van der Waals surface area contributed by atoms with Gasteiger partial charge in [0.2, 0.25) is 17.7 Å². The summed E-state index contributed by atoms with van der Waals surface area (Å²) in [6.45, 7) is 1.25. The molecule has 3 amide bonds. The van der Waals surface area contributed by atoms with Gasteiger partial charge in [-0.15, -0.1) is 0 Å². The van der Waals surface area contributed by atoms with Crippen molar-refractivity contribution in [3.05, 3.63) is 71.8 Å². The van der Waals surface area contributed by atoms with Gasteiger partial charge < -0.3 is 25.4 Å². The Bertz CT molecular complexity index is 1170. The maximum absolute atomic E-state index is 14.0. The summed E-state index contributed by atoms with van der Waals surface area (Å²) in [6, 6.07) is 18.5. The zero-order valence-electron chi connectivity index (χ0n) is 21.9. The van der Waals surface area contributed by atoms with Gasteiger partial charge in [-0.1, -0.05) is 89.4 Å². The molecule has 0 aromatic heterocycles. The van der Waals surface area contributed by atoms with E-state index in [0.29, 0.717) is 38.9 Å². The third-order valence-electron chi connectivity index (χ3n) is 8.27. The minimum Gasteiger partial charge on any atom is -0.396 e. The van der Waals surface area contributed by atoms with Crippen molar-refractivity contribution in [2.45, 2.75) is 67.8 Å². The monoisotopic (exact) mass is 597 g/mol. The normalized spacial score (nSPS) is 28.9. The van der Waals surface area contributed by atoms with Crippen molar-refractivity contribution >= 4 is 33.7 Å². The van der Waals surface area contributed by atoms with Crippen molar-refractivity contribution in [1.82, 2.24) is 15.5 Å². The van der Waals surface area contributed by atoms with Crippen molar-refractivity contribution in [1.29, 1.82) is 0 Å². The number of hydrogen-bond acceptors (Lipinski definition) is 5. The Morgan fingerprint density at radius 1 is 0.923 bits per heavy atom. The SMILES string of the molecule is O=C(NCc1ccccc1)C1N(CCCCCCO)C(=O)[C@@H]2[C@@H](C(=O)NCc3ccccc3)[C@@H]3OC12CC3Br. The van der Waals surface area contributed by atoms with Crippen molar-refractivity contribution in [3.63, 3.8) is 0 Å². The van der Waals surface area contributed by atoms with Crippen LogP contribution in [-0.2, 0) is 32.2 Å². The maximum atomic E-state index is 14.0. The number of aliphatic hydroxyl groups is 1. The molecule has 3 heterocycles. The topological polar surface area (TPSA) is 108 Å². The summed E-state index contributed by atoms with van der Waals surface area (Å²) in [4.78, 5) is 42.9. The van der Waals surface area contributed by atoms with Gasteiger partial charge in [-0.05, 0) is 30.4 Å². The first-order chi connectivity index (χ1) is 19.0. The van der Waals surface area contributed by atoms with E-state index in [9.17, 15) is 14.4 Å². The van der Waals surface area contributed by atoms with Crippen LogP contribution in [0.2, 0.25) is 0 Å². The minimum absolute atomic E-state index is 0.136. The lowest BCUT2D eigenvalue weighted by atomic mass is 9.70. The number of benzene rings is 2. The number of halogens is 1. The highest BCUT2D eigenvalue weighted by atomic mass is 79.9. The van der Waals surface area contributed by atoms with Gasteiger partial charge in [0.15, 0.2) is 0 Å². The van der Waals surface area contributed by atoms with Gasteiger partial charge >= 0.3 is 0 Å². The first kappa shape index (κ1) is 27.8. The van der Waals surface area contributed by atoms with Gasteiger partial charge in [0.1, 0.15) is 11.6 Å². The highest BCUT2D eigenvalue weighted by molar-refractivity contribution is 9.09. The second kappa shape index (κ2) is 12.2. The zero-order chi connectivity index (χ0) is 27.4. The minimum atomic E-state index is -1.06. The van der Waals surface area contributed by atoms with Gasteiger partial charge in [0.25, 0.3) is 0 Å². The van der Waals surface area contributed by atoms with Gasteiger partial charge in [0, 0.05) is 31.1 Å². The van der Waals surface area contributed by atoms with Crippen LogP contribution in [0.1, 0.15) is 43.2 Å². The predicted molar refractivity (Wildman–Crippen MR) is 150 cm³/mol. The molecule has 3 unspecified atom stereocenters. The molecule has 2 bridgehead atoms. The van der Waals surface area contributed by atoms with Crippen LogP contribution in [0.25, 0.3) is 0 Å². The molecular formula is C30H36BrN3O5. The average Bonchev–Trinajstić information content (AvgIpc) is 3.55. The molecule has 0 radical (unpaired) electrons. The van der Waals surface area contributed by atoms with Crippen LogP contribution in [0.5, 0.6) is 0 Å². The third-order valence-corrected chi connectivity index (χ3v) is 9.11. The quantitative estimate of drug-likeness (QED) is 0.257. The lowest BCUT2D eigenvalue weighted by molar-refractivity contribution is -0.142. The molecule has 1 spiro atoms. The molecule has 5 rings (SSSR count). The van der Waals surface area contributed by atoms with Crippen LogP contribution >= 0.6 is 15.9 Å². The number of carbonyl (C=O) groups excluding carboxylic acids is 3. The van der Waals surface area contributed by atoms with Crippen molar-refractivity contribution < 1.29 is 24.2 Å². The van der Waals surface area contributed by atoms with Gasteiger partial charge in [-0.2, -0.15) is 0 Å². The molecule has 2 aromatic rings. The van der Waals surface area contributed by atoms with E-state index in [0.717, 1.165) is 24.0 Å². The average molecular weight is 599 g/mol. The van der Waals surface area contributed by atoms with E-state index < -0.39 is 29.6 Å². The van der Waals surface area contributed by atoms with Crippen molar-refractivity contribution in [2.24, 2.45) is 11.8 Å². The molecule has 3 fully saturated rings. The zero-order valence-corrected chi connectivity index (χ0v) is 23.5. The van der Waals surface area contributed by atoms with Crippen LogP contribution in [0.15, 0.2) is 60.7 Å². The Morgan fingerprint density at radius 3 is 2.13 bits per heavy atom. The number of rotatable bonds is 12. The highest BCUT2D eigenvalue weighted by Gasteiger charge is 2.76. The van der Waals surface area contributed by atoms with Crippen LogP contribution < -0.4 is 10.6 Å². The number of alkyl halides is 1. The summed E-state index contributed by atoms with van der Waals surface area (Å²) in [6.07, 6.45) is 3.12. The molecule has 3 aliphatic heterocycles. The third kappa shape index (κ3) is 5.49. The number of ether oxygens (including phenoxy) is 1. The van der Waals surface area contributed by atoms with Crippen LogP contribution in [0.3, 0.4) is 0 Å². The number of fused-ring (bicyclic) bond motifs is 1. The summed E-state index contributed by atoms with van der Waals surface area (Å²) in [5.74, 6) is -2.05.